The predicted octanol–water partition coefficient (Wildman–Crippen LogP) is 0.655. The summed E-state index contributed by atoms with van der Waals surface area (Å²) in [6.45, 7) is 3.53. The van der Waals surface area contributed by atoms with Crippen molar-refractivity contribution in [2.24, 2.45) is 5.92 Å². The lowest BCUT2D eigenvalue weighted by Gasteiger charge is -2.41. The van der Waals surface area contributed by atoms with E-state index in [0.717, 1.165) is 0 Å². The molecule has 22 heavy (non-hydrogen) atoms. The number of carbonyl (C=O) groups is 2. The van der Waals surface area contributed by atoms with Crippen LogP contribution in [0, 0.1) is 5.92 Å². The third-order valence-electron chi connectivity index (χ3n) is 4.29. The molecule has 1 heterocycles. The van der Waals surface area contributed by atoms with Gasteiger partial charge in [-0.1, -0.05) is 6.92 Å². The van der Waals surface area contributed by atoms with Crippen LogP contribution >= 0.6 is 0 Å². The summed E-state index contributed by atoms with van der Waals surface area (Å²) in [5, 5.41) is 22.0. The fourth-order valence-corrected chi connectivity index (χ4v) is 3.08. The number of hydrogen-bond acceptors (Lipinski definition) is 6. The number of hydroxylamine groups is 1. The zero-order valence-corrected chi connectivity index (χ0v) is 13.2. The molecule has 8 nitrogen and oxygen atoms in total. The molecule has 0 aromatic heterocycles. The zero-order valence-electron chi connectivity index (χ0n) is 13.2. The van der Waals surface area contributed by atoms with E-state index in [4.69, 9.17) is 0 Å². The first-order valence-electron chi connectivity index (χ1n) is 7.71. The lowest BCUT2D eigenvalue weighted by molar-refractivity contribution is -0.140. The van der Waals surface area contributed by atoms with Crippen molar-refractivity contribution >= 4 is 12.1 Å². The van der Waals surface area contributed by atoms with Gasteiger partial charge in [-0.2, -0.15) is 0 Å². The molecule has 3 atom stereocenters. The second-order valence-corrected chi connectivity index (χ2v) is 5.52. The summed E-state index contributed by atoms with van der Waals surface area (Å²) in [7, 11) is 1.35. The second-order valence-electron chi connectivity index (χ2n) is 5.52. The van der Waals surface area contributed by atoms with E-state index in [2.05, 4.69) is 15.5 Å². The van der Waals surface area contributed by atoms with Crippen molar-refractivity contribution in [1.82, 2.24) is 15.7 Å². The predicted molar refractivity (Wildman–Crippen MR) is 79.7 cm³/mol. The first-order chi connectivity index (χ1) is 10.5. The molecule has 0 bridgehead atoms. The number of nitrogens with one attached hydrogen (secondary N) is 2. The number of hydrogen-bond donors (Lipinski definition) is 4. The highest BCUT2D eigenvalue weighted by Crippen LogP contribution is 2.25. The van der Waals surface area contributed by atoms with Crippen LogP contribution in [0.3, 0.4) is 0 Å². The minimum Gasteiger partial charge on any atom is -0.469 e. The van der Waals surface area contributed by atoms with Gasteiger partial charge in [0.2, 0.25) is 0 Å². The zero-order chi connectivity index (χ0) is 16.5. The van der Waals surface area contributed by atoms with Crippen LogP contribution in [0.5, 0.6) is 0 Å². The van der Waals surface area contributed by atoms with Crippen LogP contribution in [-0.4, -0.2) is 66.1 Å². The van der Waals surface area contributed by atoms with Crippen molar-refractivity contribution in [3.63, 3.8) is 0 Å². The topological polar surface area (TPSA) is 111 Å². The van der Waals surface area contributed by atoms with Gasteiger partial charge in [0.05, 0.1) is 13.2 Å². The Hall–Kier alpha value is -1.38. The lowest BCUT2D eigenvalue weighted by Crippen LogP contribution is -2.59. The highest BCUT2D eigenvalue weighted by molar-refractivity contribution is 5.69. The van der Waals surface area contributed by atoms with Crippen molar-refractivity contribution < 1.29 is 24.6 Å². The minimum atomic E-state index is -0.947. The van der Waals surface area contributed by atoms with E-state index < -0.39 is 6.09 Å². The Morgan fingerprint density at radius 3 is 2.77 bits per heavy atom. The maximum Gasteiger partial charge on any atom is 0.407 e. The standard InChI is InChI=1S/C14H27N3O5/c1-3-11(16-21)10(5-4-6-13(18)22-2)12-9-15-7-8-17(12)14(19)20/h10-12,15-16,21H,3-9H2,1-2H3,(H,19,20)/t10-,11+,12+/m1/s1. The van der Waals surface area contributed by atoms with Crippen LogP contribution in [0.1, 0.15) is 32.6 Å². The summed E-state index contributed by atoms with van der Waals surface area (Å²) in [4.78, 5) is 24.1. The number of ether oxygens (including phenoxy) is 1. The van der Waals surface area contributed by atoms with Gasteiger partial charge in [0.1, 0.15) is 0 Å². The molecule has 1 aliphatic rings. The van der Waals surface area contributed by atoms with Gasteiger partial charge in [0.25, 0.3) is 0 Å². The van der Waals surface area contributed by atoms with Crippen LogP contribution < -0.4 is 10.8 Å². The number of amides is 1. The highest BCUT2D eigenvalue weighted by atomic mass is 16.5. The summed E-state index contributed by atoms with van der Waals surface area (Å²) in [6, 6.07) is -0.446. The molecular weight excluding hydrogens is 290 g/mol. The third-order valence-corrected chi connectivity index (χ3v) is 4.29. The number of methoxy groups -OCH3 is 1. The first-order valence-corrected chi connectivity index (χ1v) is 7.71. The van der Waals surface area contributed by atoms with Gasteiger partial charge in [-0.15, -0.1) is 0 Å². The molecule has 0 saturated carbocycles. The average molecular weight is 317 g/mol. The Labute approximate surface area is 130 Å². The normalized spacial score (nSPS) is 21.2. The molecule has 0 radical (unpaired) electrons. The van der Waals surface area contributed by atoms with Gasteiger partial charge in [-0.05, 0) is 25.2 Å². The summed E-state index contributed by atoms with van der Waals surface area (Å²) >= 11 is 0. The molecule has 1 amide bonds. The van der Waals surface area contributed by atoms with E-state index in [-0.39, 0.29) is 24.0 Å². The smallest absolute Gasteiger partial charge is 0.407 e. The number of piperazine rings is 1. The van der Waals surface area contributed by atoms with Gasteiger partial charge < -0.3 is 25.3 Å². The number of esters is 1. The number of carbonyl (C=O) groups excluding carboxylic acids is 1. The van der Waals surface area contributed by atoms with Crippen LogP contribution in [0.15, 0.2) is 0 Å². The first kappa shape index (κ1) is 18.7. The molecule has 1 rings (SSSR count). The van der Waals surface area contributed by atoms with E-state index in [1.54, 1.807) is 0 Å². The van der Waals surface area contributed by atoms with Crippen molar-refractivity contribution in [2.75, 3.05) is 26.7 Å². The molecule has 0 spiro atoms. The molecule has 1 saturated heterocycles. The largest absolute Gasteiger partial charge is 0.469 e. The van der Waals surface area contributed by atoms with E-state index in [9.17, 15) is 19.9 Å². The molecule has 0 aliphatic carbocycles. The van der Waals surface area contributed by atoms with Gasteiger partial charge in [-0.25, -0.2) is 10.3 Å². The Bertz CT molecular complexity index is 362. The van der Waals surface area contributed by atoms with Crippen LogP contribution in [0.2, 0.25) is 0 Å². The number of nitrogens with zero attached hydrogens (tertiary/aromatic N) is 1. The fourth-order valence-electron chi connectivity index (χ4n) is 3.08. The molecule has 0 unspecified atom stereocenters. The van der Waals surface area contributed by atoms with Crippen molar-refractivity contribution in [3.8, 4) is 0 Å². The molecule has 0 aromatic rings. The van der Waals surface area contributed by atoms with Crippen molar-refractivity contribution in [1.29, 1.82) is 0 Å². The fraction of sp³-hybridized carbons (Fsp3) is 0.857. The summed E-state index contributed by atoms with van der Waals surface area (Å²) in [5.74, 6) is -0.357. The van der Waals surface area contributed by atoms with Crippen LogP contribution in [0.25, 0.3) is 0 Å². The van der Waals surface area contributed by atoms with Gasteiger partial charge in [0.15, 0.2) is 0 Å². The van der Waals surface area contributed by atoms with E-state index in [1.165, 1.54) is 12.0 Å². The van der Waals surface area contributed by atoms with Gasteiger partial charge >= 0.3 is 12.1 Å². The number of rotatable bonds is 8. The molecule has 8 heteroatoms. The van der Waals surface area contributed by atoms with Gasteiger partial charge in [0, 0.05) is 32.1 Å². The maximum absolute atomic E-state index is 11.4. The molecule has 128 valence electrons. The Morgan fingerprint density at radius 2 is 2.23 bits per heavy atom. The Kier molecular flexibility index (Phi) is 8.15. The van der Waals surface area contributed by atoms with Crippen LogP contribution in [-0.2, 0) is 9.53 Å². The molecule has 4 N–H and O–H groups in total. The Balaban J connectivity index is 2.78. The molecule has 1 aliphatic heterocycles. The van der Waals surface area contributed by atoms with Crippen molar-refractivity contribution in [2.45, 2.75) is 44.7 Å². The monoisotopic (exact) mass is 317 g/mol. The summed E-state index contributed by atoms with van der Waals surface area (Å²) in [6.07, 6.45) is 1.25. The van der Waals surface area contributed by atoms with E-state index >= 15 is 0 Å². The van der Waals surface area contributed by atoms with Crippen LogP contribution in [0.4, 0.5) is 4.79 Å². The average Bonchev–Trinajstić information content (AvgIpc) is 2.54. The quantitative estimate of drug-likeness (QED) is 0.384. The maximum atomic E-state index is 11.4. The minimum absolute atomic E-state index is 0.0800. The second kappa shape index (κ2) is 9.60. The summed E-state index contributed by atoms with van der Waals surface area (Å²) < 4.78 is 4.63. The van der Waals surface area contributed by atoms with E-state index in [1.807, 2.05) is 6.92 Å². The van der Waals surface area contributed by atoms with E-state index in [0.29, 0.717) is 45.3 Å². The SMILES string of the molecule is CC[C@H](NO)[C@@H](CCCC(=O)OC)[C@@H]1CNCCN1C(=O)O. The highest BCUT2D eigenvalue weighted by Gasteiger charge is 2.36. The van der Waals surface area contributed by atoms with Crippen molar-refractivity contribution in [3.05, 3.63) is 0 Å². The Morgan fingerprint density at radius 1 is 1.50 bits per heavy atom. The third kappa shape index (κ3) is 5.11. The van der Waals surface area contributed by atoms with Gasteiger partial charge in [-0.3, -0.25) is 4.79 Å². The molecule has 0 aromatic carbocycles. The molecular formula is C14H27N3O5. The number of carboxylic acid groups (broad SMARTS) is 1. The molecule has 1 fully saturated rings. The lowest BCUT2D eigenvalue weighted by atomic mass is 9.84. The summed E-state index contributed by atoms with van der Waals surface area (Å²) in [5.41, 5.74) is 2.30.